The third-order valence-electron chi connectivity index (χ3n) is 5.32. The monoisotopic (exact) mass is 320 g/mol. The Morgan fingerprint density at radius 3 is 2.05 bits per heavy atom. The zero-order chi connectivity index (χ0) is 16.2. The Labute approximate surface area is 137 Å². The first kappa shape index (κ1) is 17.5. The van der Waals surface area contributed by atoms with E-state index in [-0.39, 0.29) is 0 Å². The van der Waals surface area contributed by atoms with Crippen molar-refractivity contribution in [1.82, 2.24) is 9.47 Å². The van der Waals surface area contributed by atoms with Gasteiger partial charge in [-0.1, -0.05) is 31.4 Å². The number of nitrogens with zero attached hydrogens (tertiary/aromatic N) is 2. The van der Waals surface area contributed by atoms with Crippen molar-refractivity contribution in [1.29, 1.82) is 0 Å². The summed E-state index contributed by atoms with van der Waals surface area (Å²) in [7, 11) is 9.33. The highest BCUT2D eigenvalue weighted by molar-refractivity contribution is 6.78. The second-order valence-corrected chi connectivity index (χ2v) is 11.9. The standard InChI is InChI=1S/C18H32N2OSi/c1-19(2)15-18(16-9-11-17(21-5)12-10-16)22(20(3)4)13-7-6-8-14-22/h9-12,18H,6-8,13-15H2,1-5H3. The van der Waals surface area contributed by atoms with Crippen molar-refractivity contribution < 1.29 is 4.74 Å². The topological polar surface area (TPSA) is 15.7 Å². The molecule has 22 heavy (non-hydrogen) atoms. The predicted molar refractivity (Wildman–Crippen MR) is 97.2 cm³/mol. The van der Waals surface area contributed by atoms with Crippen LogP contribution >= 0.6 is 0 Å². The van der Waals surface area contributed by atoms with Crippen molar-refractivity contribution in [3.8, 4) is 5.75 Å². The van der Waals surface area contributed by atoms with Crippen LogP contribution in [0.2, 0.25) is 12.1 Å². The molecule has 1 aliphatic heterocycles. The number of likely N-dealkylation sites (N-methyl/N-ethyl adjacent to an activating group) is 1. The average molecular weight is 321 g/mol. The Bertz CT molecular complexity index is 453. The predicted octanol–water partition coefficient (Wildman–Crippen LogP) is 3.57. The SMILES string of the molecule is COc1ccc(C(CN(C)C)[Si]2(N(C)C)CCCCC2)cc1. The van der Waals surface area contributed by atoms with Crippen LogP contribution in [0, 0.1) is 0 Å². The molecule has 1 atom stereocenters. The fraction of sp³-hybridized carbons (Fsp3) is 0.667. The zero-order valence-corrected chi connectivity index (χ0v) is 15.9. The van der Waals surface area contributed by atoms with Crippen LogP contribution in [0.15, 0.2) is 24.3 Å². The van der Waals surface area contributed by atoms with E-state index in [9.17, 15) is 0 Å². The lowest BCUT2D eigenvalue weighted by Gasteiger charge is -2.47. The summed E-state index contributed by atoms with van der Waals surface area (Å²) in [6, 6.07) is 11.7. The molecule has 1 aliphatic rings. The molecular weight excluding hydrogens is 288 g/mol. The molecule has 1 aromatic carbocycles. The van der Waals surface area contributed by atoms with Gasteiger partial charge in [0.15, 0.2) is 0 Å². The summed E-state index contributed by atoms with van der Waals surface area (Å²) in [5.41, 5.74) is 2.17. The molecule has 0 spiro atoms. The van der Waals surface area contributed by atoms with E-state index in [4.69, 9.17) is 4.74 Å². The van der Waals surface area contributed by atoms with Gasteiger partial charge in [-0.15, -0.1) is 0 Å². The van der Waals surface area contributed by atoms with Gasteiger partial charge in [-0.3, -0.25) is 0 Å². The molecule has 0 N–H and O–H groups in total. The van der Waals surface area contributed by atoms with Gasteiger partial charge in [-0.25, -0.2) is 0 Å². The molecule has 4 heteroatoms. The molecule has 0 bridgehead atoms. The van der Waals surface area contributed by atoms with Crippen LogP contribution in [0.1, 0.15) is 30.4 Å². The normalized spacial score (nSPS) is 19.4. The highest BCUT2D eigenvalue weighted by Crippen LogP contribution is 2.41. The van der Waals surface area contributed by atoms with E-state index < -0.39 is 8.24 Å². The number of rotatable bonds is 6. The first-order valence-electron chi connectivity index (χ1n) is 8.46. The summed E-state index contributed by atoms with van der Waals surface area (Å²) in [6.07, 6.45) is 4.23. The molecule has 3 nitrogen and oxygen atoms in total. The zero-order valence-electron chi connectivity index (χ0n) is 14.9. The lowest BCUT2D eigenvalue weighted by atomic mass is 10.1. The number of benzene rings is 1. The molecule has 1 saturated heterocycles. The van der Waals surface area contributed by atoms with Gasteiger partial charge >= 0.3 is 0 Å². The number of methoxy groups -OCH3 is 1. The fourth-order valence-electron chi connectivity index (χ4n) is 4.06. The maximum Gasteiger partial charge on any atom is 0.136 e. The van der Waals surface area contributed by atoms with Gasteiger partial charge in [0.05, 0.1) is 7.11 Å². The van der Waals surface area contributed by atoms with Crippen LogP contribution in [0.4, 0.5) is 0 Å². The molecule has 0 saturated carbocycles. The molecule has 1 heterocycles. The minimum atomic E-state index is -1.47. The van der Waals surface area contributed by atoms with Crippen LogP contribution in [0.3, 0.4) is 0 Å². The molecule has 0 aliphatic carbocycles. The Hall–Kier alpha value is -0.843. The van der Waals surface area contributed by atoms with Gasteiger partial charge in [-0.2, -0.15) is 0 Å². The second-order valence-electron chi connectivity index (χ2n) is 7.15. The van der Waals surface area contributed by atoms with Crippen molar-refractivity contribution in [3.05, 3.63) is 29.8 Å². The molecule has 2 rings (SSSR count). The van der Waals surface area contributed by atoms with Crippen LogP contribution in [0.25, 0.3) is 0 Å². The lowest BCUT2D eigenvalue weighted by Crippen LogP contribution is -2.57. The smallest absolute Gasteiger partial charge is 0.136 e. The van der Waals surface area contributed by atoms with E-state index in [1.807, 2.05) is 0 Å². The quantitative estimate of drug-likeness (QED) is 0.745. The second kappa shape index (κ2) is 7.62. The maximum atomic E-state index is 5.34. The van der Waals surface area contributed by atoms with E-state index in [0.717, 1.165) is 12.3 Å². The minimum absolute atomic E-state index is 0.670. The Morgan fingerprint density at radius 2 is 1.59 bits per heavy atom. The van der Waals surface area contributed by atoms with E-state index in [1.165, 1.54) is 36.9 Å². The van der Waals surface area contributed by atoms with E-state index in [0.29, 0.717) is 5.54 Å². The average Bonchev–Trinajstić information content (AvgIpc) is 2.53. The molecule has 124 valence electrons. The van der Waals surface area contributed by atoms with Crippen LogP contribution < -0.4 is 4.74 Å². The third kappa shape index (κ3) is 3.73. The first-order valence-corrected chi connectivity index (χ1v) is 10.9. The number of ether oxygens (including phenoxy) is 1. The summed E-state index contributed by atoms with van der Waals surface area (Å²) in [6.45, 7) is 1.15. The van der Waals surface area contributed by atoms with Crippen molar-refractivity contribution in [2.75, 3.05) is 41.8 Å². The Kier molecular flexibility index (Phi) is 6.06. The summed E-state index contributed by atoms with van der Waals surface area (Å²) >= 11 is 0. The van der Waals surface area contributed by atoms with Crippen molar-refractivity contribution in [3.63, 3.8) is 0 Å². The van der Waals surface area contributed by atoms with Crippen LogP contribution in [-0.2, 0) is 0 Å². The number of hydrogen-bond donors (Lipinski definition) is 0. The van der Waals surface area contributed by atoms with Crippen molar-refractivity contribution in [2.24, 2.45) is 0 Å². The fourth-order valence-corrected chi connectivity index (χ4v) is 9.77. The van der Waals surface area contributed by atoms with Gasteiger partial charge < -0.3 is 14.2 Å². The van der Waals surface area contributed by atoms with Crippen LogP contribution in [-0.4, -0.2) is 59.5 Å². The highest BCUT2D eigenvalue weighted by atomic mass is 28.3. The third-order valence-corrected chi connectivity index (χ3v) is 11.4. The van der Waals surface area contributed by atoms with Crippen molar-refractivity contribution in [2.45, 2.75) is 36.9 Å². The molecule has 0 radical (unpaired) electrons. The molecule has 1 unspecified atom stereocenters. The summed E-state index contributed by atoms with van der Waals surface area (Å²) in [5.74, 6) is 0.955. The molecule has 0 amide bonds. The maximum absolute atomic E-state index is 5.34. The van der Waals surface area contributed by atoms with Gasteiger partial charge in [0, 0.05) is 12.1 Å². The van der Waals surface area contributed by atoms with Gasteiger partial charge in [0.2, 0.25) is 0 Å². The van der Waals surface area contributed by atoms with Crippen molar-refractivity contribution >= 4 is 8.24 Å². The molecular formula is C18H32N2OSi. The largest absolute Gasteiger partial charge is 0.497 e. The molecule has 0 aromatic heterocycles. The first-order chi connectivity index (χ1) is 10.5. The minimum Gasteiger partial charge on any atom is -0.497 e. The highest BCUT2D eigenvalue weighted by Gasteiger charge is 2.45. The lowest BCUT2D eigenvalue weighted by molar-refractivity contribution is 0.387. The van der Waals surface area contributed by atoms with Gasteiger partial charge in [0.25, 0.3) is 0 Å². The Morgan fingerprint density at radius 1 is 1.00 bits per heavy atom. The van der Waals surface area contributed by atoms with Crippen LogP contribution in [0.5, 0.6) is 5.75 Å². The van der Waals surface area contributed by atoms with E-state index in [1.54, 1.807) is 7.11 Å². The molecule has 1 aromatic rings. The van der Waals surface area contributed by atoms with E-state index in [2.05, 4.69) is 61.9 Å². The summed E-state index contributed by atoms with van der Waals surface area (Å²) in [5, 5.41) is 0. The summed E-state index contributed by atoms with van der Waals surface area (Å²) in [4.78, 5) is 2.36. The van der Waals surface area contributed by atoms with Gasteiger partial charge in [-0.05, 0) is 58.0 Å². The Balaban J connectivity index is 2.37. The summed E-state index contributed by atoms with van der Waals surface area (Å²) < 4.78 is 7.97. The van der Waals surface area contributed by atoms with Gasteiger partial charge in [0.1, 0.15) is 14.0 Å². The number of hydrogen-bond acceptors (Lipinski definition) is 3. The van der Waals surface area contributed by atoms with E-state index >= 15 is 0 Å². The molecule has 1 fully saturated rings.